The van der Waals surface area contributed by atoms with Crippen molar-refractivity contribution < 1.29 is 9.72 Å². The molecule has 102 valence electrons. The van der Waals surface area contributed by atoms with Gasteiger partial charge in [0.1, 0.15) is 0 Å². The first-order valence-electron chi connectivity index (χ1n) is 5.70. The summed E-state index contributed by atoms with van der Waals surface area (Å²) < 4.78 is 0. The molecular formula is C13H11N3O3S. The second-order valence-electron chi connectivity index (χ2n) is 3.97. The highest BCUT2D eigenvalue weighted by Crippen LogP contribution is 2.19. The molecule has 0 aliphatic rings. The average Bonchev–Trinajstić information content (AvgIpc) is 2.92. The zero-order valence-electron chi connectivity index (χ0n) is 10.6. The van der Waals surface area contributed by atoms with Crippen molar-refractivity contribution in [3.8, 4) is 0 Å². The van der Waals surface area contributed by atoms with Crippen LogP contribution in [0.3, 0.4) is 0 Å². The van der Waals surface area contributed by atoms with Crippen LogP contribution in [0.5, 0.6) is 0 Å². The predicted octanol–water partition coefficient (Wildman–Crippen LogP) is 2.73. The first kappa shape index (κ1) is 13.9. The number of rotatable bonds is 4. The Balaban J connectivity index is 2.09. The molecule has 0 saturated heterocycles. The smallest absolute Gasteiger partial charge is 0.267 e. The van der Waals surface area contributed by atoms with Crippen LogP contribution in [0.1, 0.15) is 20.8 Å². The van der Waals surface area contributed by atoms with Gasteiger partial charge >= 0.3 is 0 Å². The van der Waals surface area contributed by atoms with E-state index in [1.165, 1.54) is 35.8 Å². The average molecular weight is 289 g/mol. The number of nitrogens with zero attached hydrogens (tertiary/aromatic N) is 2. The predicted molar refractivity (Wildman–Crippen MR) is 77.2 cm³/mol. The van der Waals surface area contributed by atoms with E-state index in [1.54, 1.807) is 6.92 Å². The molecular weight excluding hydrogens is 278 g/mol. The molecule has 0 aliphatic carbocycles. The molecule has 0 bridgehead atoms. The lowest BCUT2D eigenvalue weighted by molar-refractivity contribution is -0.385. The lowest BCUT2D eigenvalue weighted by atomic mass is 10.1. The second-order valence-corrected chi connectivity index (χ2v) is 4.95. The van der Waals surface area contributed by atoms with Gasteiger partial charge in [-0.15, -0.1) is 11.3 Å². The van der Waals surface area contributed by atoms with E-state index < -0.39 is 10.8 Å². The third-order valence-corrected chi connectivity index (χ3v) is 3.38. The number of hydrazone groups is 1. The number of benzene rings is 1. The van der Waals surface area contributed by atoms with Crippen molar-refractivity contribution >= 4 is 29.1 Å². The first-order valence-corrected chi connectivity index (χ1v) is 6.58. The quantitative estimate of drug-likeness (QED) is 0.533. The lowest BCUT2D eigenvalue weighted by Gasteiger charge is -2.01. The zero-order chi connectivity index (χ0) is 14.5. The number of aryl methyl sites for hydroxylation is 1. The molecule has 7 heteroatoms. The largest absolute Gasteiger partial charge is 0.273 e. The fourth-order valence-corrected chi connectivity index (χ4v) is 2.12. The zero-order valence-corrected chi connectivity index (χ0v) is 11.4. The number of thiophene rings is 1. The molecule has 6 nitrogen and oxygen atoms in total. The van der Waals surface area contributed by atoms with Gasteiger partial charge in [0.05, 0.1) is 11.1 Å². The number of nitro groups is 1. The van der Waals surface area contributed by atoms with E-state index in [1.807, 2.05) is 17.5 Å². The Bertz CT molecular complexity index is 666. The van der Waals surface area contributed by atoms with Gasteiger partial charge in [-0.1, -0.05) is 12.1 Å². The summed E-state index contributed by atoms with van der Waals surface area (Å²) in [4.78, 5) is 23.0. The van der Waals surface area contributed by atoms with Crippen LogP contribution in [-0.4, -0.2) is 17.0 Å². The molecule has 0 fully saturated rings. The molecule has 1 amide bonds. The van der Waals surface area contributed by atoms with Crippen molar-refractivity contribution in [2.45, 2.75) is 6.92 Å². The van der Waals surface area contributed by atoms with Crippen molar-refractivity contribution in [2.24, 2.45) is 5.10 Å². The maximum absolute atomic E-state index is 11.8. The number of carbonyl (C=O) groups is 1. The number of amides is 1. The van der Waals surface area contributed by atoms with E-state index in [9.17, 15) is 14.9 Å². The first-order chi connectivity index (χ1) is 9.58. The van der Waals surface area contributed by atoms with Gasteiger partial charge in [0.15, 0.2) is 0 Å². The fraction of sp³-hybridized carbons (Fsp3) is 0.0769. The van der Waals surface area contributed by atoms with Crippen LogP contribution in [0.4, 0.5) is 5.69 Å². The molecule has 1 heterocycles. The Morgan fingerprint density at radius 2 is 2.25 bits per heavy atom. The van der Waals surface area contributed by atoms with Gasteiger partial charge in [-0.25, -0.2) is 5.43 Å². The number of nitro benzene ring substituents is 1. The summed E-state index contributed by atoms with van der Waals surface area (Å²) in [7, 11) is 0. The molecule has 2 rings (SSSR count). The van der Waals surface area contributed by atoms with Crippen LogP contribution in [0.15, 0.2) is 40.8 Å². The Hall–Kier alpha value is -2.54. The van der Waals surface area contributed by atoms with Crippen molar-refractivity contribution in [3.63, 3.8) is 0 Å². The second kappa shape index (κ2) is 6.07. The minimum Gasteiger partial charge on any atom is -0.267 e. The number of nitrogens with one attached hydrogen (secondary N) is 1. The Morgan fingerprint density at radius 1 is 1.45 bits per heavy atom. The maximum Gasteiger partial charge on any atom is 0.273 e. The molecule has 0 spiro atoms. The molecule has 1 aromatic carbocycles. The van der Waals surface area contributed by atoms with Crippen LogP contribution in [-0.2, 0) is 0 Å². The number of hydrogen-bond donors (Lipinski definition) is 1. The number of carbonyl (C=O) groups excluding carboxylic acids is 1. The third-order valence-electron chi connectivity index (χ3n) is 2.57. The van der Waals surface area contributed by atoms with E-state index in [-0.39, 0.29) is 11.3 Å². The van der Waals surface area contributed by atoms with Gasteiger partial charge in [-0.05, 0) is 24.4 Å². The topological polar surface area (TPSA) is 84.6 Å². The van der Waals surface area contributed by atoms with E-state index in [2.05, 4.69) is 10.5 Å². The minimum atomic E-state index is -0.513. The van der Waals surface area contributed by atoms with Gasteiger partial charge in [0, 0.05) is 22.1 Å². The monoisotopic (exact) mass is 289 g/mol. The highest BCUT2D eigenvalue weighted by atomic mass is 32.1. The molecule has 2 aromatic rings. The molecule has 1 aromatic heterocycles. The van der Waals surface area contributed by atoms with Crippen LogP contribution < -0.4 is 5.43 Å². The summed E-state index contributed by atoms with van der Waals surface area (Å²) >= 11 is 1.49. The standard InChI is InChI=1S/C13H11N3O3S/c1-9-4-5-10(7-12(9)16(18)19)13(17)15-14-8-11-3-2-6-20-11/h2-8H,1H3,(H,15,17)/b14-8-. The summed E-state index contributed by atoms with van der Waals surface area (Å²) in [6.07, 6.45) is 1.52. The molecule has 0 unspecified atom stereocenters. The van der Waals surface area contributed by atoms with Crippen molar-refractivity contribution in [3.05, 3.63) is 61.8 Å². The van der Waals surface area contributed by atoms with Crippen molar-refractivity contribution in [1.82, 2.24) is 5.43 Å². The summed E-state index contributed by atoms with van der Waals surface area (Å²) in [6.45, 7) is 1.62. The Morgan fingerprint density at radius 3 is 2.90 bits per heavy atom. The summed E-state index contributed by atoms with van der Waals surface area (Å²) in [5, 5.41) is 16.5. The van der Waals surface area contributed by atoms with Gasteiger partial charge in [-0.2, -0.15) is 5.10 Å². The summed E-state index contributed by atoms with van der Waals surface area (Å²) in [5.74, 6) is -0.485. The third kappa shape index (κ3) is 3.27. The van der Waals surface area contributed by atoms with Crippen LogP contribution >= 0.6 is 11.3 Å². The number of hydrogen-bond acceptors (Lipinski definition) is 5. The van der Waals surface area contributed by atoms with Crippen LogP contribution in [0, 0.1) is 17.0 Å². The van der Waals surface area contributed by atoms with Crippen molar-refractivity contribution in [2.75, 3.05) is 0 Å². The molecule has 1 N–H and O–H groups in total. The van der Waals surface area contributed by atoms with E-state index >= 15 is 0 Å². The minimum absolute atomic E-state index is 0.0834. The fourth-order valence-electron chi connectivity index (χ4n) is 1.53. The Kier molecular flexibility index (Phi) is 4.21. The van der Waals surface area contributed by atoms with E-state index in [4.69, 9.17) is 0 Å². The molecule has 0 radical (unpaired) electrons. The maximum atomic E-state index is 11.8. The lowest BCUT2D eigenvalue weighted by Crippen LogP contribution is -2.17. The molecule has 0 saturated carbocycles. The highest BCUT2D eigenvalue weighted by Gasteiger charge is 2.14. The summed E-state index contributed by atoms with van der Waals surface area (Å²) in [5.41, 5.74) is 2.96. The van der Waals surface area contributed by atoms with Crippen LogP contribution in [0.25, 0.3) is 0 Å². The van der Waals surface area contributed by atoms with Crippen molar-refractivity contribution in [1.29, 1.82) is 0 Å². The van der Waals surface area contributed by atoms with Crippen LogP contribution in [0.2, 0.25) is 0 Å². The van der Waals surface area contributed by atoms with Gasteiger partial charge in [-0.3, -0.25) is 14.9 Å². The Labute approximate surface area is 118 Å². The SMILES string of the molecule is Cc1ccc(C(=O)N/N=C\c2cccs2)cc1[N+](=O)[O-]. The van der Waals surface area contributed by atoms with Gasteiger partial charge in [0.25, 0.3) is 11.6 Å². The molecule has 0 atom stereocenters. The summed E-state index contributed by atoms with van der Waals surface area (Å²) in [6, 6.07) is 8.04. The van der Waals surface area contributed by atoms with E-state index in [0.29, 0.717) is 5.56 Å². The van der Waals surface area contributed by atoms with Gasteiger partial charge in [0.2, 0.25) is 0 Å². The molecule has 20 heavy (non-hydrogen) atoms. The highest BCUT2D eigenvalue weighted by molar-refractivity contribution is 7.11. The normalized spacial score (nSPS) is 10.7. The van der Waals surface area contributed by atoms with E-state index in [0.717, 1.165) is 4.88 Å². The molecule has 0 aliphatic heterocycles. The van der Waals surface area contributed by atoms with Gasteiger partial charge < -0.3 is 0 Å².